The molecule has 0 saturated heterocycles. The Morgan fingerprint density at radius 3 is 2.11 bits per heavy atom. The highest BCUT2D eigenvalue weighted by atomic mass is 16.6. The van der Waals surface area contributed by atoms with E-state index in [-0.39, 0.29) is 18.7 Å². The number of hydrogen-bond acceptors (Lipinski definition) is 3. The van der Waals surface area contributed by atoms with Crippen molar-refractivity contribution in [1.82, 2.24) is 0 Å². The normalized spacial score (nSPS) is 12.3. The summed E-state index contributed by atoms with van der Waals surface area (Å²) in [6.45, 7) is 5.61. The molecule has 0 bridgehead atoms. The van der Waals surface area contributed by atoms with E-state index in [0.29, 0.717) is 11.0 Å². The highest BCUT2D eigenvalue weighted by Gasteiger charge is 2.22. The van der Waals surface area contributed by atoms with E-state index in [0.717, 1.165) is 18.7 Å². The fraction of sp³-hybridized carbons (Fsp3) is 0.581. The van der Waals surface area contributed by atoms with E-state index in [1.165, 1.54) is 68.9 Å². The van der Waals surface area contributed by atoms with Gasteiger partial charge in [-0.1, -0.05) is 107 Å². The first-order valence-corrected chi connectivity index (χ1v) is 13.7. The number of unbranched alkanes of at least 4 members (excludes halogenated alkanes) is 8. The minimum atomic E-state index is -0.190. The number of esters is 1. The van der Waals surface area contributed by atoms with Gasteiger partial charge in [0, 0.05) is 5.56 Å². The maximum Gasteiger partial charge on any atom is 0.361 e. The van der Waals surface area contributed by atoms with Gasteiger partial charge in [0.1, 0.15) is 25.0 Å². The van der Waals surface area contributed by atoms with Crippen LogP contribution in [-0.4, -0.2) is 43.8 Å². The molecule has 0 fully saturated rings. The number of ether oxygens (including phenoxy) is 2. The number of benzene rings is 2. The Balaban J connectivity index is 1.68. The van der Waals surface area contributed by atoms with Crippen LogP contribution in [-0.2, 0) is 22.5 Å². The van der Waals surface area contributed by atoms with Crippen LogP contribution in [0.5, 0.6) is 5.75 Å². The lowest BCUT2D eigenvalue weighted by Crippen LogP contribution is -2.44. The van der Waals surface area contributed by atoms with Crippen molar-refractivity contribution in [2.45, 2.75) is 90.7 Å². The van der Waals surface area contributed by atoms with Gasteiger partial charge in [-0.3, -0.25) is 0 Å². The van der Waals surface area contributed by atoms with Gasteiger partial charge in [0.25, 0.3) is 0 Å². The Bertz CT molecular complexity index is 834. The third-order valence-corrected chi connectivity index (χ3v) is 6.34. The third-order valence-electron chi connectivity index (χ3n) is 6.34. The molecule has 35 heavy (non-hydrogen) atoms. The predicted octanol–water partition coefficient (Wildman–Crippen LogP) is 7.35. The second-order valence-corrected chi connectivity index (χ2v) is 10.5. The fourth-order valence-corrected chi connectivity index (χ4v) is 4.44. The predicted molar refractivity (Wildman–Crippen MR) is 146 cm³/mol. The zero-order valence-electron chi connectivity index (χ0n) is 22.6. The van der Waals surface area contributed by atoms with Crippen LogP contribution in [0.2, 0.25) is 0 Å². The lowest BCUT2D eigenvalue weighted by Gasteiger charge is -2.29. The van der Waals surface area contributed by atoms with Gasteiger partial charge >= 0.3 is 5.97 Å². The number of rotatable bonds is 18. The van der Waals surface area contributed by atoms with Gasteiger partial charge in [0.15, 0.2) is 6.54 Å². The molecule has 2 aromatic rings. The second-order valence-electron chi connectivity index (χ2n) is 10.5. The number of likely N-dealkylation sites (N-methyl/N-ethyl adjacent to an activating group) is 1. The highest BCUT2D eigenvalue weighted by Crippen LogP contribution is 2.22. The average Bonchev–Trinajstić information content (AvgIpc) is 2.83. The standard InChI is InChI=1S/C31H48NO3/c1-5-6-7-8-9-10-11-12-16-21-29-22-17-18-23-30(29)35-27(2)26-34-31(33)25-32(3,4)24-28-19-14-13-15-20-28/h13-15,17-20,22-23,27H,5-12,16,21,24-26H2,1-4H3/q+1. The van der Waals surface area contributed by atoms with Crippen LogP contribution in [0.15, 0.2) is 54.6 Å². The van der Waals surface area contributed by atoms with Crippen LogP contribution in [0.1, 0.15) is 82.8 Å². The van der Waals surface area contributed by atoms with Crippen LogP contribution < -0.4 is 4.74 Å². The minimum absolute atomic E-state index is 0.187. The van der Waals surface area contributed by atoms with E-state index in [1.807, 2.05) is 37.3 Å². The number of para-hydroxylation sites is 1. The van der Waals surface area contributed by atoms with Crippen molar-refractivity contribution in [2.75, 3.05) is 27.2 Å². The Kier molecular flexibility index (Phi) is 13.5. The molecule has 1 atom stereocenters. The molecule has 0 saturated carbocycles. The van der Waals surface area contributed by atoms with Gasteiger partial charge in [-0.05, 0) is 31.4 Å². The molecule has 0 aromatic heterocycles. The Morgan fingerprint density at radius 1 is 0.829 bits per heavy atom. The monoisotopic (exact) mass is 482 g/mol. The molecule has 0 aliphatic rings. The molecule has 2 rings (SSSR count). The maximum absolute atomic E-state index is 12.5. The second kappa shape index (κ2) is 16.4. The summed E-state index contributed by atoms with van der Waals surface area (Å²) in [6.07, 6.45) is 12.8. The maximum atomic E-state index is 12.5. The molecule has 0 radical (unpaired) electrons. The molecule has 0 heterocycles. The number of nitrogens with zero attached hydrogens (tertiary/aromatic N) is 1. The Morgan fingerprint density at radius 2 is 1.43 bits per heavy atom. The summed E-state index contributed by atoms with van der Waals surface area (Å²) in [6, 6.07) is 18.5. The Labute approximate surface area is 214 Å². The van der Waals surface area contributed by atoms with Crippen molar-refractivity contribution in [3.63, 3.8) is 0 Å². The van der Waals surface area contributed by atoms with Crippen molar-refractivity contribution in [2.24, 2.45) is 0 Å². The van der Waals surface area contributed by atoms with E-state index >= 15 is 0 Å². The van der Waals surface area contributed by atoms with Crippen LogP contribution >= 0.6 is 0 Å². The Hall–Kier alpha value is -2.33. The van der Waals surface area contributed by atoms with E-state index in [9.17, 15) is 4.79 Å². The molecule has 1 unspecified atom stereocenters. The number of hydrogen-bond donors (Lipinski definition) is 0. The van der Waals surface area contributed by atoms with Gasteiger partial charge in [-0.2, -0.15) is 0 Å². The molecule has 0 aliphatic heterocycles. The van der Waals surface area contributed by atoms with E-state index in [2.05, 4.69) is 45.3 Å². The number of quaternary nitrogens is 1. The summed E-state index contributed by atoms with van der Waals surface area (Å²) in [5.41, 5.74) is 2.46. The highest BCUT2D eigenvalue weighted by molar-refractivity contribution is 5.70. The lowest BCUT2D eigenvalue weighted by atomic mass is 10.0. The van der Waals surface area contributed by atoms with Crippen molar-refractivity contribution >= 4 is 5.97 Å². The van der Waals surface area contributed by atoms with E-state index in [1.54, 1.807) is 0 Å². The van der Waals surface area contributed by atoms with Gasteiger partial charge in [0.05, 0.1) is 14.1 Å². The van der Waals surface area contributed by atoms with Crippen molar-refractivity contribution in [1.29, 1.82) is 0 Å². The van der Waals surface area contributed by atoms with Crippen molar-refractivity contribution in [3.05, 3.63) is 65.7 Å². The first-order valence-electron chi connectivity index (χ1n) is 13.7. The topological polar surface area (TPSA) is 35.5 Å². The molecule has 0 aliphatic carbocycles. The first-order chi connectivity index (χ1) is 16.9. The summed E-state index contributed by atoms with van der Waals surface area (Å²) in [5.74, 6) is 0.722. The van der Waals surface area contributed by atoms with Gasteiger partial charge in [0.2, 0.25) is 0 Å². The largest absolute Gasteiger partial charge is 0.487 e. The average molecular weight is 483 g/mol. The third kappa shape index (κ3) is 12.8. The van der Waals surface area contributed by atoms with E-state index < -0.39 is 0 Å². The van der Waals surface area contributed by atoms with Gasteiger partial charge in [-0.25, -0.2) is 4.79 Å². The summed E-state index contributed by atoms with van der Waals surface area (Å²) in [5, 5.41) is 0. The van der Waals surface area contributed by atoms with Crippen LogP contribution in [0, 0.1) is 0 Å². The van der Waals surface area contributed by atoms with Gasteiger partial charge in [-0.15, -0.1) is 0 Å². The minimum Gasteiger partial charge on any atom is -0.487 e. The molecule has 0 amide bonds. The molecule has 0 spiro atoms. The molecule has 194 valence electrons. The fourth-order valence-electron chi connectivity index (χ4n) is 4.44. The SMILES string of the molecule is CCCCCCCCCCCc1ccccc1OC(C)COC(=O)C[N+](C)(C)Cc1ccccc1. The molecular formula is C31H48NO3+. The summed E-state index contributed by atoms with van der Waals surface area (Å²) < 4.78 is 12.3. The lowest BCUT2D eigenvalue weighted by molar-refractivity contribution is -0.896. The van der Waals surface area contributed by atoms with Crippen LogP contribution in [0.4, 0.5) is 0 Å². The summed E-state index contributed by atoms with van der Waals surface area (Å²) >= 11 is 0. The van der Waals surface area contributed by atoms with Crippen LogP contribution in [0.3, 0.4) is 0 Å². The number of carbonyl (C=O) groups is 1. The number of carbonyl (C=O) groups excluding carboxylic acids is 1. The van der Waals surface area contributed by atoms with Crippen LogP contribution in [0.25, 0.3) is 0 Å². The summed E-state index contributed by atoms with van der Waals surface area (Å²) in [7, 11) is 4.10. The smallest absolute Gasteiger partial charge is 0.361 e. The van der Waals surface area contributed by atoms with Crippen molar-refractivity contribution in [3.8, 4) is 5.75 Å². The summed E-state index contributed by atoms with van der Waals surface area (Å²) in [4.78, 5) is 12.5. The van der Waals surface area contributed by atoms with Crippen molar-refractivity contribution < 1.29 is 18.8 Å². The molecule has 0 N–H and O–H groups in total. The molecular weight excluding hydrogens is 434 g/mol. The van der Waals surface area contributed by atoms with E-state index in [4.69, 9.17) is 9.47 Å². The number of aryl methyl sites for hydroxylation is 1. The molecule has 2 aromatic carbocycles. The molecule has 4 heteroatoms. The zero-order chi connectivity index (χ0) is 25.4. The quantitative estimate of drug-likeness (QED) is 0.127. The molecule has 4 nitrogen and oxygen atoms in total. The first kappa shape index (κ1) is 28.9. The van der Waals surface area contributed by atoms with Gasteiger partial charge < -0.3 is 14.0 Å². The zero-order valence-corrected chi connectivity index (χ0v) is 22.6.